The van der Waals surface area contributed by atoms with Crippen molar-refractivity contribution in [1.82, 2.24) is 15.1 Å². The van der Waals surface area contributed by atoms with E-state index in [-0.39, 0.29) is 5.75 Å². The third-order valence-corrected chi connectivity index (χ3v) is 4.56. The van der Waals surface area contributed by atoms with Crippen molar-refractivity contribution < 1.29 is 8.42 Å². The van der Waals surface area contributed by atoms with Crippen molar-refractivity contribution in [3.05, 3.63) is 17.0 Å². The fraction of sp³-hybridized carbons (Fsp3) is 0.800. The predicted molar refractivity (Wildman–Crippen MR) is 87.4 cm³/mol. The van der Waals surface area contributed by atoms with Crippen LogP contribution in [0, 0.1) is 19.8 Å². The standard InChI is InChI=1S/C15H29N3O2S/c1-11(2)16-10-12(3)9-15-13(4)17-18(14(15)5)7-8-21(6,19)20/h11-12,16H,7-10H2,1-6H3. The van der Waals surface area contributed by atoms with Crippen LogP contribution in [0.5, 0.6) is 0 Å². The van der Waals surface area contributed by atoms with Crippen LogP contribution in [0.3, 0.4) is 0 Å². The minimum Gasteiger partial charge on any atom is -0.314 e. The van der Waals surface area contributed by atoms with Gasteiger partial charge in [-0.3, -0.25) is 4.68 Å². The summed E-state index contributed by atoms with van der Waals surface area (Å²) in [6.45, 7) is 12.0. The molecule has 0 saturated heterocycles. The monoisotopic (exact) mass is 315 g/mol. The summed E-state index contributed by atoms with van der Waals surface area (Å²) in [4.78, 5) is 0. The first-order valence-corrected chi connectivity index (χ1v) is 9.60. The zero-order chi connectivity index (χ0) is 16.2. The molecule has 6 heteroatoms. The second-order valence-electron chi connectivity index (χ2n) is 6.37. The summed E-state index contributed by atoms with van der Waals surface area (Å²) in [5.41, 5.74) is 3.35. The van der Waals surface area contributed by atoms with Gasteiger partial charge in [0.15, 0.2) is 0 Å². The van der Waals surface area contributed by atoms with E-state index in [1.54, 1.807) is 0 Å². The second kappa shape index (κ2) is 7.40. The molecule has 1 aromatic rings. The van der Waals surface area contributed by atoms with E-state index in [1.165, 1.54) is 11.8 Å². The first-order chi connectivity index (χ1) is 9.60. The lowest BCUT2D eigenvalue weighted by Crippen LogP contribution is -2.28. The Balaban J connectivity index is 2.73. The molecule has 0 spiro atoms. The Kier molecular flexibility index (Phi) is 6.41. The number of nitrogens with zero attached hydrogens (tertiary/aromatic N) is 2. The van der Waals surface area contributed by atoms with Crippen molar-refractivity contribution in [3.8, 4) is 0 Å². The lowest BCUT2D eigenvalue weighted by atomic mass is 9.99. The molecule has 5 nitrogen and oxygen atoms in total. The number of aromatic nitrogens is 2. The van der Waals surface area contributed by atoms with Gasteiger partial charge in [0.05, 0.1) is 18.0 Å². The molecule has 0 saturated carbocycles. The summed E-state index contributed by atoms with van der Waals surface area (Å²) >= 11 is 0. The molecule has 0 fully saturated rings. The van der Waals surface area contributed by atoms with Crippen molar-refractivity contribution in [2.75, 3.05) is 18.6 Å². The third kappa shape index (κ3) is 6.18. The number of aryl methyl sites for hydroxylation is 2. The highest BCUT2D eigenvalue weighted by atomic mass is 32.2. The first kappa shape index (κ1) is 18.2. The zero-order valence-electron chi connectivity index (χ0n) is 14.1. The van der Waals surface area contributed by atoms with Gasteiger partial charge in [-0.2, -0.15) is 5.10 Å². The molecule has 1 N–H and O–H groups in total. The van der Waals surface area contributed by atoms with Crippen LogP contribution >= 0.6 is 0 Å². The zero-order valence-corrected chi connectivity index (χ0v) is 14.9. The van der Waals surface area contributed by atoms with Crippen LogP contribution in [0.25, 0.3) is 0 Å². The van der Waals surface area contributed by atoms with Gasteiger partial charge >= 0.3 is 0 Å². The van der Waals surface area contributed by atoms with Gasteiger partial charge in [-0.25, -0.2) is 8.42 Å². The van der Waals surface area contributed by atoms with Gasteiger partial charge in [0, 0.05) is 18.0 Å². The fourth-order valence-corrected chi connectivity index (χ4v) is 2.86. The number of hydrogen-bond donors (Lipinski definition) is 1. The lowest BCUT2D eigenvalue weighted by Gasteiger charge is -2.15. The molecule has 122 valence electrons. The van der Waals surface area contributed by atoms with E-state index in [1.807, 2.05) is 18.5 Å². The predicted octanol–water partition coefficient (Wildman–Crippen LogP) is 1.72. The summed E-state index contributed by atoms with van der Waals surface area (Å²) in [6.07, 6.45) is 2.23. The van der Waals surface area contributed by atoms with Crippen molar-refractivity contribution in [2.24, 2.45) is 5.92 Å². The van der Waals surface area contributed by atoms with Crippen molar-refractivity contribution in [1.29, 1.82) is 0 Å². The average molecular weight is 315 g/mol. The Morgan fingerprint density at radius 3 is 2.38 bits per heavy atom. The van der Waals surface area contributed by atoms with Crippen LogP contribution in [-0.4, -0.2) is 42.8 Å². The molecule has 0 amide bonds. The van der Waals surface area contributed by atoms with Crippen LogP contribution in [0.1, 0.15) is 37.7 Å². The molecule has 1 atom stereocenters. The maximum absolute atomic E-state index is 11.3. The number of hydrogen-bond acceptors (Lipinski definition) is 4. The molecule has 0 aromatic carbocycles. The highest BCUT2D eigenvalue weighted by Gasteiger charge is 2.15. The Labute approximate surface area is 129 Å². The van der Waals surface area contributed by atoms with Gasteiger partial charge in [-0.1, -0.05) is 20.8 Å². The highest BCUT2D eigenvalue weighted by Crippen LogP contribution is 2.17. The smallest absolute Gasteiger partial charge is 0.149 e. The van der Waals surface area contributed by atoms with Crippen molar-refractivity contribution in [3.63, 3.8) is 0 Å². The van der Waals surface area contributed by atoms with Gasteiger partial charge in [-0.05, 0) is 38.3 Å². The van der Waals surface area contributed by atoms with Crippen LogP contribution in [0.15, 0.2) is 0 Å². The quantitative estimate of drug-likeness (QED) is 0.793. The van der Waals surface area contributed by atoms with E-state index in [4.69, 9.17) is 0 Å². The third-order valence-electron chi connectivity index (χ3n) is 3.63. The Bertz CT molecular complexity index is 562. The van der Waals surface area contributed by atoms with E-state index in [0.29, 0.717) is 18.5 Å². The normalized spacial score (nSPS) is 13.9. The molecule has 0 aliphatic heterocycles. The topological polar surface area (TPSA) is 64.0 Å². The van der Waals surface area contributed by atoms with E-state index < -0.39 is 9.84 Å². The van der Waals surface area contributed by atoms with Crippen molar-refractivity contribution >= 4 is 9.84 Å². The molecule has 1 unspecified atom stereocenters. The number of rotatable bonds is 8. The van der Waals surface area contributed by atoms with Gasteiger partial charge in [-0.15, -0.1) is 0 Å². The van der Waals surface area contributed by atoms with Gasteiger partial charge in [0.2, 0.25) is 0 Å². The minimum atomic E-state index is -2.95. The molecule has 1 rings (SSSR count). The highest BCUT2D eigenvalue weighted by molar-refractivity contribution is 7.90. The van der Waals surface area contributed by atoms with E-state index in [0.717, 1.165) is 24.4 Å². The maximum Gasteiger partial charge on any atom is 0.149 e. The molecule has 21 heavy (non-hydrogen) atoms. The Morgan fingerprint density at radius 2 is 1.86 bits per heavy atom. The summed E-state index contributed by atoms with van der Waals surface area (Å²) in [6, 6.07) is 0.493. The van der Waals surface area contributed by atoms with Gasteiger partial charge in [0.1, 0.15) is 9.84 Å². The van der Waals surface area contributed by atoms with E-state index in [2.05, 4.69) is 31.2 Å². The van der Waals surface area contributed by atoms with Crippen molar-refractivity contribution in [2.45, 2.75) is 53.6 Å². The molecule has 0 bridgehead atoms. The number of sulfone groups is 1. The van der Waals surface area contributed by atoms with Crippen LogP contribution in [-0.2, 0) is 22.8 Å². The molecule has 0 aliphatic rings. The molecule has 1 aromatic heterocycles. The lowest BCUT2D eigenvalue weighted by molar-refractivity contribution is 0.474. The van der Waals surface area contributed by atoms with Crippen LogP contribution in [0.2, 0.25) is 0 Å². The summed E-state index contributed by atoms with van der Waals surface area (Å²) in [5, 5.41) is 7.94. The van der Waals surface area contributed by atoms with Crippen LogP contribution in [0.4, 0.5) is 0 Å². The van der Waals surface area contributed by atoms with Gasteiger partial charge in [0.25, 0.3) is 0 Å². The molecular formula is C15H29N3O2S. The van der Waals surface area contributed by atoms with E-state index in [9.17, 15) is 8.42 Å². The Morgan fingerprint density at radius 1 is 1.24 bits per heavy atom. The maximum atomic E-state index is 11.3. The minimum absolute atomic E-state index is 0.138. The Hall–Kier alpha value is -0.880. The summed E-state index contributed by atoms with van der Waals surface area (Å²) < 4.78 is 24.4. The first-order valence-electron chi connectivity index (χ1n) is 7.54. The fourth-order valence-electron chi connectivity index (χ4n) is 2.36. The molecule has 0 aliphatic carbocycles. The van der Waals surface area contributed by atoms with E-state index >= 15 is 0 Å². The number of nitrogens with one attached hydrogen (secondary N) is 1. The molecule has 1 heterocycles. The van der Waals surface area contributed by atoms with Gasteiger partial charge < -0.3 is 5.32 Å². The summed E-state index contributed by atoms with van der Waals surface area (Å²) in [5.74, 6) is 0.663. The molecule has 0 radical (unpaired) electrons. The average Bonchev–Trinajstić information content (AvgIpc) is 2.60. The largest absolute Gasteiger partial charge is 0.314 e. The SMILES string of the molecule is Cc1nn(CCS(C)(=O)=O)c(C)c1CC(C)CNC(C)C. The molecular weight excluding hydrogens is 286 g/mol. The summed E-state index contributed by atoms with van der Waals surface area (Å²) in [7, 11) is -2.95. The van der Waals surface area contributed by atoms with Crippen LogP contribution < -0.4 is 5.32 Å². The second-order valence-corrected chi connectivity index (χ2v) is 8.63.